The van der Waals surface area contributed by atoms with Gasteiger partial charge in [-0.15, -0.1) is 0 Å². The highest BCUT2D eigenvalue weighted by Crippen LogP contribution is 2.21. The van der Waals surface area contributed by atoms with Crippen LogP contribution in [0.5, 0.6) is 0 Å². The highest BCUT2D eigenvalue weighted by atomic mass is 32.2. The van der Waals surface area contributed by atoms with Gasteiger partial charge in [-0.1, -0.05) is 23.9 Å². The van der Waals surface area contributed by atoms with E-state index >= 15 is 0 Å². The quantitative estimate of drug-likeness (QED) is 0.483. The van der Waals surface area contributed by atoms with Crippen molar-refractivity contribution in [3.05, 3.63) is 29.8 Å². The summed E-state index contributed by atoms with van der Waals surface area (Å²) in [5, 5.41) is 3.37. The standard InChI is InChI=1S/C14H20F3NOS/c1-13(2,3)18-8-11-4-6-12(7-5-11)20-10-19-9-14(15,16)17/h4-7,18H,8-10H2,1-3H3. The van der Waals surface area contributed by atoms with E-state index in [1.54, 1.807) is 0 Å². The maximum absolute atomic E-state index is 11.9. The first-order valence-electron chi connectivity index (χ1n) is 6.27. The molecule has 6 heteroatoms. The van der Waals surface area contributed by atoms with E-state index in [-0.39, 0.29) is 11.5 Å². The molecule has 0 saturated carbocycles. The average molecular weight is 307 g/mol. The molecule has 1 aromatic carbocycles. The number of hydrogen-bond donors (Lipinski definition) is 1. The van der Waals surface area contributed by atoms with Crippen LogP contribution < -0.4 is 5.32 Å². The summed E-state index contributed by atoms with van der Waals surface area (Å²) in [6.45, 7) is 5.84. The Hall–Kier alpha value is -0.720. The van der Waals surface area contributed by atoms with E-state index in [1.807, 2.05) is 24.3 Å². The molecule has 0 aliphatic carbocycles. The highest BCUT2D eigenvalue weighted by molar-refractivity contribution is 7.99. The molecule has 1 N–H and O–H groups in total. The molecule has 0 saturated heterocycles. The molecule has 2 nitrogen and oxygen atoms in total. The summed E-state index contributed by atoms with van der Waals surface area (Å²) in [5.41, 5.74) is 1.19. The van der Waals surface area contributed by atoms with Gasteiger partial charge < -0.3 is 10.1 Å². The molecule has 0 bridgehead atoms. The van der Waals surface area contributed by atoms with Gasteiger partial charge in [-0.05, 0) is 38.5 Å². The maximum atomic E-state index is 11.9. The Morgan fingerprint density at radius 2 is 1.70 bits per heavy atom. The van der Waals surface area contributed by atoms with E-state index in [0.717, 1.165) is 17.0 Å². The van der Waals surface area contributed by atoms with Crippen molar-refractivity contribution < 1.29 is 17.9 Å². The SMILES string of the molecule is CC(C)(C)NCc1ccc(SCOCC(F)(F)F)cc1. The largest absolute Gasteiger partial charge is 0.411 e. The monoisotopic (exact) mass is 307 g/mol. The Labute approximate surface area is 122 Å². The summed E-state index contributed by atoms with van der Waals surface area (Å²) in [4.78, 5) is 0.895. The zero-order valence-electron chi connectivity index (χ0n) is 11.9. The number of thioether (sulfide) groups is 1. The van der Waals surface area contributed by atoms with Crippen LogP contribution >= 0.6 is 11.8 Å². The topological polar surface area (TPSA) is 21.3 Å². The van der Waals surface area contributed by atoms with Gasteiger partial charge in [-0.3, -0.25) is 0 Å². The number of ether oxygens (including phenoxy) is 1. The van der Waals surface area contributed by atoms with E-state index in [0.29, 0.717) is 0 Å². The second-order valence-electron chi connectivity index (χ2n) is 5.47. The van der Waals surface area contributed by atoms with Gasteiger partial charge >= 0.3 is 6.18 Å². The molecule has 0 amide bonds. The Balaban J connectivity index is 2.32. The summed E-state index contributed by atoms with van der Waals surface area (Å²) in [6, 6.07) is 7.71. The maximum Gasteiger partial charge on any atom is 0.411 e. The molecule has 0 unspecified atom stereocenters. The van der Waals surface area contributed by atoms with Crippen LogP contribution in [-0.4, -0.2) is 24.3 Å². The molecule has 0 spiro atoms. The van der Waals surface area contributed by atoms with Gasteiger partial charge in [0.1, 0.15) is 6.61 Å². The predicted molar refractivity (Wildman–Crippen MR) is 75.8 cm³/mol. The minimum atomic E-state index is -4.26. The van der Waals surface area contributed by atoms with Crippen LogP contribution in [0.25, 0.3) is 0 Å². The van der Waals surface area contributed by atoms with Crippen molar-refractivity contribution in [3.8, 4) is 0 Å². The third-order valence-electron chi connectivity index (χ3n) is 2.32. The van der Waals surface area contributed by atoms with Gasteiger partial charge in [0.2, 0.25) is 0 Å². The number of benzene rings is 1. The van der Waals surface area contributed by atoms with Crippen LogP contribution in [0.2, 0.25) is 0 Å². The first kappa shape index (κ1) is 17.3. The number of nitrogens with one attached hydrogen (secondary N) is 1. The molecule has 0 radical (unpaired) electrons. The van der Waals surface area contributed by atoms with Gasteiger partial charge in [-0.25, -0.2) is 0 Å². The van der Waals surface area contributed by atoms with Gasteiger partial charge in [0.25, 0.3) is 0 Å². The molecule has 20 heavy (non-hydrogen) atoms. The molecule has 0 aliphatic heterocycles. The zero-order chi connectivity index (χ0) is 15.2. The van der Waals surface area contributed by atoms with Crippen molar-refractivity contribution in [2.45, 2.75) is 43.9 Å². The van der Waals surface area contributed by atoms with Gasteiger partial charge in [0.15, 0.2) is 0 Å². The van der Waals surface area contributed by atoms with E-state index in [9.17, 15) is 13.2 Å². The summed E-state index contributed by atoms with van der Waals surface area (Å²) in [5.74, 6) is -0.000895. The summed E-state index contributed by atoms with van der Waals surface area (Å²) < 4.78 is 40.2. The van der Waals surface area contributed by atoms with Crippen molar-refractivity contribution in [2.75, 3.05) is 12.5 Å². The first-order valence-corrected chi connectivity index (χ1v) is 7.25. The van der Waals surface area contributed by atoms with Crippen LogP contribution in [0.3, 0.4) is 0 Å². The number of rotatable bonds is 6. The Bertz CT molecular complexity index is 398. The van der Waals surface area contributed by atoms with Crippen LogP contribution in [0, 0.1) is 0 Å². The molecule has 0 atom stereocenters. The summed E-state index contributed by atoms with van der Waals surface area (Å²) >= 11 is 1.25. The molecule has 0 heterocycles. The third-order valence-corrected chi connectivity index (χ3v) is 3.21. The normalized spacial score (nSPS) is 12.7. The van der Waals surface area contributed by atoms with Crippen molar-refractivity contribution in [2.24, 2.45) is 0 Å². The Morgan fingerprint density at radius 1 is 1.10 bits per heavy atom. The zero-order valence-corrected chi connectivity index (χ0v) is 12.7. The molecule has 0 aliphatic rings. The first-order chi connectivity index (χ1) is 9.16. The van der Waals surface area contributed by atoms with Gasteiger partial charge in [-0.2, -0.15) is 13.2 Å². The lowest BCUT2D eigenvalue weighted by Gasteiger charge is -2.20. The van der Waals surface area contributed by atoms with E-state index < -0.39 is 12.8 Å². The fraction of sp³-hybridized carbons (Fsp3) is 0.571. The lowest BCUT2D eigenvalue weighted by Crippen LogP contribution is -2.35. The van der Waals surface area contributed by atoms with Crippen LogP contribution in [0.15, 0.2) is 29.2 Å². The molecule has 0 fully saturated rings. The lowest BCUT2D eigenvalue weighted by atomic mass is 10.1. The molecular formula is C14H20F3NOS. The van der Waals surface area contributed by atoms with E-state index in [2.05, 4.69) is 30.8 Å². The molecule has 114 valence electrons. The Morgan fingerprint density at radius 3 is 2.20 bits per heavy atom. The Kier molecular flexibility index (Phi) is 6.36. The van der Waals surface area contributed by atoms with Gasteiger partial charge in [0, 0.05) is 17.0 Å². The summed E-state index contributed by atoms with van der Waals surface area (Å²) in [6.07, 6.45) is -4.26. The third kappa shape index (κ3) is 8.45. The second kappa shape index (κ2) is 7.33. The van der Waals surface area contributed by atoms with Crippen LogP contribution in [0.1, 0.15) is 26.3 Å². The smallest absolute Gasteiger partial charge is 0.361 e. The predicted octanol–water partition coefficient (Wildman–Crippen LogP) is 4.20. The molecule has 1 aromatic rings. The van der Waals surface area contributed by atoms with Crippen molar-refractivity contribution in [1.29, 1.82) is 0 Å². The van der Waals surface area contributed by atoms with Crippen LogP contribution in [-0.2, 0) is 11.3 Å². The average Bonchev–Trinajstić information content (AvgIpc) is 2.31. The summed E-state index contributed by atoms with van der Waals surface area (Å²) in [7, 11) is 0. The lowest BCUT2D eigenvalue weighted by molar-refractivity contribution is -0.168. The molecule has 0 aromatic heterocycles. The number of halogens is 3. The van der Waals surface area contributed by atoms with Crippen molar-refractivity contribution >= 4 is 11.8 Å². The van der Waals surface area contributed by atoms with Crippen molar-refractivity contribution in [1.82, 2.24) is 5.32 Å². The van der Waals surface area contributed by atoms with Crippen LogP contribution in [0.4, 0.5) is 13.2 Å². The number of hydrogen-bond acceptors (Lipinski definition) is 3. The number of alkyl halides is 3. The molecule has 1 rings (SSSR count). The van der Waals surface area contributed by atoms with Gasteiger partial charge in [0.05, 0.1) is 5.94 Å². The second-order valence-corrected chi connectivity index (χ2v) is 6.47. The fourth-order valence-electron chi connectivity index (χ4n) is 1.34. The van der Waals surface area contributed by atoms with E-state index in [4.69, 9.17) is 0 Å². The fourth-order valence-corrected chi connectivity index (χ4v) is 1.97. The highest BCUT2D eigenvalue weighted by Gasteiger charge is 2.27. The minimum Gasteiger partial charge on any atom is -0.361 e. The minimum absolute atomic E-state index is 0.000895. The molecular weight excluding hydrogens is 287 g/mol. The van der Waals surface area contributed by atoms with E-state index in [1.165, 1.54) is 11.8 Å². The van der Waals surface area contributed by atoms with Crippen molar-refractivity contribution in [3.63, 3.8) is 0 Å².